The van der Waals surface area contributed by atoms with Crippen LogP contribution in [0.5, 0.6) is 0 Å². The molecule has 1 aliphatic heterocycles. The molecule has 2 rings (SSSR count). The molecule has 2 heterocycles. The Morgan fingerprint density at radius 2 is 2.44 bits per heavy atom. The molecule has 1 aromatic rings. The van der Waals surface area contributed by atoms with E-state index in [-0.39, 0.29) is 5.91 Å². The Labute approximate surface area is 116 Å². The van der Waals surface area contributed by atoms with Crippen molar-refractivity contribution in [3.8, 4) is 6.07 Å². The fourth-order valence-electron chi connectivity index (χ4n) is 2.00. The van der Waals surface area contributed by atoms with Gasteiger partial charge in [0, 0.05) is 23.7 Å². The summed E-state index contributed by atoms with van der Waals surface area (Å²) < 4.78 is 0. The monoisotopic (exact) mass is 280 g/mol. The number of nitriles is 1. The number of amides is 1. The van der Waals surface area contributed by atoms with Gasteiger partial charge in [-0.1, -0.05) is 0 Å². The highest BCUT2D eigenvalue weighted by Gasteiger charge is 2.20. The van der Waals surface area contributed by atoms with E-state index in [9.17, 15) is 4.79 Å². The lowest BCUT2D eigenvalue weighted by Gasteiger charge is -2.18. The molecule has 0 aliphatic carbocycles. The van der Waals surface area contributed by atoms with Crippen molar-refractivity contribution in [2.75, 3.05) is 18.8 Å². The summed E-state index contributed by atoms with van der Waals surface area (Å²) in [5.41, 5.74) is 1.33. The minimum atomic E-state index is 0.0807. The van der Waals surface area contributed by atoms with Crippen molar-refractivity contribution >= 4 is 29.0 Å². The van der Waals surface area contributed by atoms with Gasteiger partial charge >= 0.3 is 0 Å². The number of carbonyl (C=O) groups excluding carboxylic acids is 1. The number of fused-ring (bicyclic) bond motifs is 1. The predicted octanol–water partition coefficient (Wildman–Crippen LogP) is 2.91. The normalized spacial score (nSPS) is 13.8. The van der Waals surface area contributed by atoms with Crippen LogP contribution in [0.2, 0.25) is 0 Å². The number of thiophene rings is 1. The maximum atomic E-state index is 12.3. The molecule has 0 aromatic carbocycles. The first-order valence-electron chi connectivity index (χ1n) is 6.11. The van der Waals surface area contributed by atoms with E-state index in [2.05, 4.69) is 6.07 Å². The Bertz CT molecular complexity index is 452. The molecule has 0 unspecified atom stereocenters. The molecule has 3 nitrogen and oxygen atoms in total. The van der Waals surface area contributed by atoms with Gasteiger partial charge in [0.25, 0.3) is 5.91 Å². The largest absolute Gasteiger partial charge is 0.337 e. The van der Waals surface area contributed by atoms with Crippen LogP contribution >= 0.6 is 23.1 Å². The Morgan fingerprint density at radius 1 is 1.61 bits per heavy atom. The smallest absolute Gasteiger partial charge is 0.263 e. The molecule has 96 valence electrons. The molecule has 0 radical (unpaired) electrons. The van der Waals surface area contributed by atoms with Gasteiger partial charge in [0.05, 0.1) is 17.4 Å². The van der Waals surface area contributed by atoms with Gasteiger partial charge in [-0.15, -0.1) is 11.3 Å². The Hall–Kier alpha value is -0.990. The number of hydrogen-bond acceptors (Lipinski definition) is 4. The van der Waals surface area contributed by atoms with Gasteiger partial charge in [-0.05, 0) is 30.7 Å². The summed E-state index contributed by atoms with van der Waals surface area (Å²) >= 11 is 3.56. The summed E-state index contributed by atoms with van der Waals surface area (Å²) in [5.74, 6) is 2.27. The molecule has 1 aliphatic rings. The molecular weight excluding hydrogens is 264 g/mol. The average Bonchev–Trinajstić information content (AvgIpc) is 2.83. The zero-order valence-corrected chi connectivity index (χ0v) is 12.1. The van der Waals surface area contributed by atoms with Crippen LogP contribution in [0.25, 0.3) is 0 Å². The Morgan fingerprint density at radius 3 is 3.11 bits per heavy atom. The molecule has 0 atom stereocenters. The molecule has 1 aromatic heterocycles. The molecule has 0 saturated carbocycles. The van der Waals surface area contributed by atoms with E-state index < -0.39 is 0 Å². The second kappa shape index (κ2) is 6.26. The van der Waals surface area contributed by atoms with Crippen molar-refractivity contribution < 1.29 is 4.79 Å². The van der Waals surface area contributed by atoms with Crippen molar-refractivity contribution in [1.29, 1.82) is 5.26 Å². The molecule has 0 bridgehead atoms. The van der Waals surface area contributed by atoms with E-state index >= 15 is 0 Å². The van der Waals surface area contributed by atoms with Crippen LogP contribution in [0.15, 0.2) is 6.07 Å². The highest BCUT2D eigenvalue weighted by molar-refractivity contribution is 7.98. The third-order valence-electron chi connectivity index (χ3n) is 3.00. The lowest BCUT2D eigenvalue weighted by molar-refractivity contribution is 0.0772. The van der Waals surface area contributed by atoms with Crippen LogP contribution in [0.3, 0.4) is 0 Å². The summed E-state index contributed by atoms with van der Waals surface area (Å²) in [7, 11) is 0. The second-order valence-electron chi connectivity index (χ2n) is 4.15. The zero-order chi connectivity index (χ0) is 13.0. The first-order valence-corrected chi connectivity index (χ1v) is 8.09. The average molecular weight is 280 g/mol. The van der Waals surface area contributed by atoms with Gasteiger partial charge in [0.1, 0.15) is 0 Å². The summed E-state index contributed by atoms with van der Waals surface area (Å²) in [6.07, 6.45) is 1.49. The fourth-order valence-corrected chi connectivity index (χ4v) is 4.34. The quantitative estimate of drug-likeness (QED) is 0.852. The highest BCUT2D eigenvalue weighted by atomic mass is 32.2. The van der Waals surface area contributed by atoms with Crippen LogP contribution in [0.4, 0.5) is 0 Å². The van der Waals surface area contributed by atoms with E-state index in [1.807, 2.05) is 24.8 Å². The Balaban J connectivity index is 2.12. The molecule has 1 amide bonds. The molecule has 0 N–H and O–H groups in total. The maximum absolute atomic E-state index is 12.3. The molecule has 5 heteroatoms. The first kappa shape index (κ1) is 13.4. The van der Waals surface area contributed by atoms with Gasteiger partial charge in [-0.25, -0.2) is 0 Å². The van der Waals surface area contributed by atoms with Crippen molar-refractivity contribution in [3.63, 3.8) is 0 Å². The zero-order valence-electron chi connectivity index (χ0n) is 10.4. The number of rotatable bonds is 4. The highest BCUT2D eigenvalue weighted by Crippen LogP contribution is 2.32. The van der Waals surface area contributed by atoms with Crippen LogP contribution in [0, 0.1) is 11.3 Å². The molecular formula is C13H16N2OS2. The van der Waals surface area contributed by atoms with Crippen molar-refractivity contribution in [2.24, 2.45) is 0 Å². The van der Waals surface area contributed by atoms with Crippen LogP contribution in [0.1, 0.15) is 33.5 Å². The van der Waals surface area contributed by atoms with Gasteiger partial charge in [0.15, 0.2) is 0 Å². The third-order valence-corrected chi connectivity index (χ3v) is 5.23. The Kier molecular flexibility index (Phi) is 4.67. The fraction of sp³-hybridized carbons (Fsp3) is 0.538. The van der Waals surface area contributed by atoms with E-state index in [0.29, 0.717) is 19.5 Å². The minimum absolute atomic E-state index is 0.0807. The third kappa shape index (κ3) is 2.88. The van der Waals surface area contributed by atoms with Gasteiger partial charge < -0.3 is 4.90 Å². The summed E-state index contributed by atoms with van der Waals surface area (Å²) in [6, 6.07) is 4.14. The number of nitrogens with zero attached hydrogens (tertiary/aromatic N) is 2. The first-order chi connectivity index (χ1) is 8.76. The number of thioether (sulfide) groups is 1. The number of hydrogen-bond donors (Lipinski definition) is 0. The van der Waals surface area contributed by atoms with E-state index in [1.165, 1.54) is 10.4 Å². The molecule has 0 saturated heterocycles. The lowest BCUT2D eigenvalue weighted by atomic mass is 10.2. The van der Waals surface area contributed by atoms with Crippen LogP contribution in [-0.2, 0) is 12.2 Å². The standard InChI is InChI=1S/C13H16N2OS2/c1-2-15(6-3-5-14)13(16)12-8-10-9-17-7-4-11(10)18-12/h8H,2-4,6-7,9H2,1H3. The van der Waals surface area contributed by atoms with Crippen LogP contribution in [-0.4, -0.2) is 29.6 Å². The molecule has 0 spiro atoms. The molecule has 18 heavy (non-hydrogen) atoms. The second-order valence-corrected chi connectivity index (χ2v) is 6.40. The van der Waals surface area contributed by atoms with Crippen LogP contribution < -0.4 is 0 Å². The van der Waals surface area contributed by atoms with Crippen molar-refractivity contribution in [1.82, 2.24) is 4.90 Å². The maximum Gasteiger partial charge on any atom is 0.263 e. The summed E-state index contributed by atoms with van der Waals surface area (Å²) in [4.78, 5) is 16.3. The van der Waals surface area contributed by atoms with E-state index in [1.54, 1.807) is 16.2 Å². The minimum Gasteiger partial charge on any atom is -0.337 e. The van der Waals surface area contributed by atoms with Gasteiger partial charge in [-0.3, -0.25) is 4.79 Å². The topological polar surface area (TPSA) is 44.1 Å². The van der Waals surface area contributed by atoms with Gasteiger partial charge in [-0.2, -0.15) is 17.0 Å². The predicted molar refractivity (Wildman–Crippen MR) is 76.0 cm³/mol. The number of carbonyl (C=O) groups is 1. The van der Waals surface area contributed by atoms with E-state index in [4.69, 9.17) is 5.26 Å². The van der Waals surface area contributed by atoms with Crippen molar-refractivity contribution in [3.05, 3.63) is 21.4 Å². The summed E-state index contributed by atoms with van der Waals surface area (Å²) in [6.45, 7) is 3.15. The van der Waals surface area contributed by atoms with Gasteiger partial charge in [0.2, 0.25) is 0 Å². The number of aryl methyl sites for hydroxylation is 1. The van der Waals surface area contributed by atoms with E-state index in [0.717, 1.165) is 22.8 Å². The SMILES string of the molecule is CCN(CCC#N)C(=O)c1cc2c(s1)CCSC2. The summed E-state index contributed by atoms with van der Waals surface area (Å²) in [5, 5.41) is 8.61. The molecule has 0 fully saturated rings. The van der Waals surface area contributed by atoms with Crippen molar-refractivity contribution in [2.45, 2.75) is 25.5 Å². The lowest BCUT2D eigenvalue weighted by Crippen LogP contribution is -2.31.